The molecule has 0 amide bonds. The summed E-state index contributed by atoms with van der Waals surface area (Å²) in [6.45, 7) is 1.52. The van der Waals surface area contributed by atoms with Crippen LogP contribution in [0, 0.1) is 18.6 Å². The molecular formula is C28H25F8NO2. The summed E-state index contributed by atoms with van der Waals surface area (Å²) >= 11 is 0. The van der Waals surface area contributed by atoms with Crippen LogP contribution < -0.4 is 5.32 Å². The van der Waals surface area contributed by atoms with E-state index in [2.05, 4.69) is 0 Å². The first-order valence-corrected chi connectivity index (χ1v) is 11.7. The van der Waals surface area contributed by atoms with Crippen molar-refractivity contribution in [2.24, 2.45) is 0 Å². The van der Waals surface area contributed by atoms with Crippen LogP contribution >= 0.6 is 0 Å². The van der Waals surface area contributed by atoms with Crippen molar-refractivity contribution in [3.63, 3.8) is 0 Å². The Morgan fingerprint density at radius 2 is 1.38 bits per heavy atom. The monoisotopic (exact) mass is 559 g/mol. The van der Waals surface area contributed by atoms with Crippen LogP contribution in [0.1, 0.15) is 28.7 Å². The lowest BCUT2D eigenvalue weighted by Crippen LogP contribution is -2.70. The van der Waals surface area contributed by atoms with Gasteiger partial charge in [-0.15, -0.1) is 0 Å². The average Bonchev–Trinajstić information content (AvgIpc) is 2.83. The van der Waals surface area contributed by atoms with Crippen LogP contribution in [-0.4, -0.2) is 41.9 Å². The number of Topliss-reactive ketones (excluding diaryl/α,β-unsaturated/α-hetero) is 1. The quantitative estimate of drug-likeness (QED) is 0.307. The summed E-state index contributed by atoms with van der Waals surface area (Å²) in [6, 6.07) is 13.2. The molecule has 3 rings (SSSR count). The summed E-state index contributed by atoms with van der Waals surface area (Å²) < 4.78 is 111. The number of aryl methyl sites for hydroxylation is 1. The SMILES string of the molecule is CN[C@H](C(=O)C[C@](Cc1ccccc1)(c1ccc(F)cc1)c1cc(C)cc(F)c1)C(O)(C(F)(F)F)C(F)(F)F. The highest BCUT2D eigenvalue weighted by atomic mass is 19.4. The van der Waals surface area contributed by atoms with Gasteiger partial charge < -0.3 is 10.4 Å². The van der Waals surface area contributed by atoms with Gasteiger partial charge in [0.1, 0.15) is 17.7 Å². The molecule has 2 atom stereocenters. The summed E-state index contributed by atoms with van der Waals surface area (Å²) in [5, 5.41) is 11.7. The largest absolute Gasteiger partial charge is 0.428 e. The number of likely N-dealkylation sites (N-methyl/N-ethyl adjacent to an activating group) is 1. The van der Waals surface area contributed by atoms with Gasteiger partial charge in [0, 0.05) is 11.8 Å². The molecule has 0 aliphatic carbocycles. The minimum Gasteiger partial charge on any atom is -0.372 e. The highest BCUT2D eigenvalue weighted by molar-refractivity contribution is 5.87. The minimum atomic E-state index is -6.28. The van der Waals surface area contributed by atoms with Gasteiger partial charge in [0.05, 0.1) is 0 Å². The molecule has 0 bridgehead atoms. The summed E-state index contributed by atoms with van der Waals surface area (Å²) in [5.74, 6) is -3.09. The van der Waals surface area contributed by atoms with Crippen LogP contribution in [0.15, 0.2) is 72.8 Å². The molecule has 11 heteroatoms. The third-order valence-electron chi connectivity index (χ3n) is 6.71. The molecule has 0 saturated heterocycles. The van der Waals surface area contributed by atoms with Crippen molar-refractivity contribution in [3.8, 4) is 0 Å². The molecule has 3 aromatic rings. The first-order chi connectivity index (χ1) is 18.0. The molecule has 0 unspecified atom stereocenters. The van der Waals surface area contributed by atoms with Crippen molar-refractivity contribution in [2.75, 3.05) is 7.05 Å². The second-order valence-corrected chi connectivity index (χ2v) is 9.40. The maximum Gasteiger partial charge on any atom is 0.428 e. The average molecular weight is 559 g/mol. The number of halogens is 8. The Balaban J connectivity index is 2.31. The van der Waals surface area contributed by atoms with Gasteiger partial charge in [-0.05, 0) is 66.9 Å². The molecule has 3 nitrogen and oxygen atoms in total. The fraction of sp³-hybridized carbons (Fsp3) is 0.321. The summed E-state index contributed by atoms with van der Waals surface area (Å²) in [5.41, 5.74) is -6.09. The fourth-order valence-electron chi connectivity index (χ4n) is 4.85. The smallest absolute Gasteiger partial charge is 0.372 e. The van der Waals surface area contributed by atoms with E-state index in [1.807, 2.05) is 0 Å². The number of alkyl halides is 6. The predicted molar refractivity (Wildman–Crippen MR) is 128 cm³/mol. The number of hydrogen-bond acceptors (Lipinski definition) is 3. The summed E-state index contributed by atoms with van der Waals surface area (Å²) in [6.07, 6.45) is -13.8. The van der Waals surface area contributed by atoms with Crippen LogP contribution in [0.25, 0.3) is 0 Å². The highest BCUT2D eigenvalue weighted by Crippen LogP contribution is 2.47. The normalized spacial score (nSPS) is 15.1. The summed E-state index contributed by atoms with van der Waals surface area (Å²) in [7, 11) is 0.689. The predicted octanol–water partition coefficient (Wildman–Crippen LogP) is 6.20. The van der Waals surface area contributed by atoms with Gasteiger partial charge in [0.25, 0.3) is 5.60 Å². The molecular weight excluding hydrogens is 534 g/mol. The third-order valence-corrected chi connectivity index (χ3v) is 6.71. The number of carbonyl (C=O) groups is 1. The molecule has 0 fully saturated rings. The lowest BCUT2D eigenvalue weighted by molar-refractivity contribution is -0.372. The van der Waals surface area contributed by atoms with Gasteiger partial charge >= 0.3 is 12.4 Å². The molecule has 0 aliphatic heterocycles. The van der Waals surface area contributed by atoms with Crippen LogP contribution in [0.3, 0.4) is 0 Å². The minimum absolute atomic E-state index is 0.0706. The Labute approximate surface area is 219 Å². The van der Waals surface area contributed by atoms with E-state index in [9.17, 15) is 45.0 Å². The van der Waals surface area contributed by atoms with Crippen LogP contribution in [0.4, 0.5) is 35.1 Å². The van der Waals surface area contributed by atoms with Gasteiger partial charge in [-0.25, -0.2) is 8.78 Å². The van der Waals surface area contributed by atoms with Gasteiger partial charge in [-0.2, -0.15) is 26.3 Å². The maximum atomic E-state index is 14.6. The van der Waals surface area contributed by atoms with Gasteiger partial charge in [0.15, 0.2) is 5.78 Å². The summed E-state index contributed by atoms with van der Waals surface area (Å²) in [4.78, 5) is 13.5. The standard InChI is InChI=1S/C28H25F8NO2/c1-17-12-20(14-22(30)13-17)25(15-18-6-4-3-5-7-18,19-8-10-21(29)11-9-19)16-23(38)24(37-2)26(39,27(31,32)33)28(34,35)36/h3-14,24,37,39H,15-16H2,1-2H3/t24-,25-/m1/s1. The van der Waals surface area contributed by atoms with E-state index >= 15 is 0 Å². The van der Waals surface area contributed by atoms with Gasteiger partial charge in [0.2, 0.25) is 0 Å². The Bertz CT molecular complexity index is 1260. The Kier molecular flexibility index (Phi) is 8.57. The fourth-order valence-corrected chi connectivity index (χ4v) is 4.85. The number of rotatable bonds is 9. The third kappa shape index (κ3) is 5.99. The number of aliphatic hydroxyl groups is 1. The Morgan fingerprint density at radius 3 is 1.87 bits per heavy atom. The van der Waals surface area contributed by atoms with Crippen molar-refractivity contribution in [2.45, 2.75) is 49.2 Å². The van der Waals surface area contributed by atoms with Crippen molar-refractivity contribution in [1.82, 2.24) is 5.32 Å². The van der Waals surface area contributed by atoms with Crippen LogP contribution in [0.5, 0.6) is 0 Å². The molecule has 0 aliphatic rings. The van der Waals surface area contributed by atoms with E-state index in [-0.39, 0.29) is 17.5 Å². The second kappa shape index (κ2) is 11.1. The van der Waals surface area contributed by atoms with E-state index in [1.165, 1.54) is 25.1 Å². The molecule has 210 valence electrons. The van der Waals surface area contributed by atoms with Crippen LogP contribution in [0.2, 0.25) is 0 Å². The number of benzene rings is 3. The zero-order valence-corrected chi connectivity index (χ0v) is 20.8. The number of hydrogen-bond donors (Lipinski definition) is 2. The first kappa shape index (κ1) is 30.2. The van der Waals surface area contributed by atoms with E-state index in [4.69, 9.17) is 0 Å². The molecule has 3 aromatic carbocycles. The molecule has 39 heavy (non-hydrogen) atoms. The van der Waals surface area contributed by atoms with Gasteiger partial charge in [-0.1, -0.05) is 48.5 Å². The van der Waals surface area contributed by atoms with E-state index in [0.717, 1.165) is 24.3 Å². The number of carbonyl (C=O) groups excluding carboxylic acids is 1. The van der Waals surface area contributed by atoms with E-state index in [1.54, 1.807) is 35.6 Å². The Morgan fingerprint density at radius 1 is 0.821 bits per heavy atom. The van der Waals surface area contributed by atoms with Gasteiger partial charge in [-0.3, -0.25) is 4.79 Å². The van der Waals surface area contributed by atoms with Crippen molar-refractivity contribution >= 4 is 5.78 Å². The Hall–Kier alpha value is -3.31. The van der Waals surface area contributed by atoms with E-state index < -0.39 is 53.2 Å². The molecule has 0 radical (unpaired) electrons. The zero-order valence-electron chi connectivity index (χ0n) is 20.8. The maximum absolute atomic E-state index is 14.6. The lowest BCUT2D eigenvalue weighted by Gasteiger charge is -2.41. The molecule has 0 heterocycles. The first-order valence-electron chi connectivity index (χ1n) is 11.7. The second-order valence-electron chi connectivity index (χ2n) is 9.40. The highest BCUT2D eigenvalue weighted by Gasteiger charge is 2.75. The van der Waals surface area contributed by atoms with Crippen LogP contribution in [-0.2, 0) is 16.6 Å². The van der Waals surface area contributed by atoms with Crippen molar-refractivity contribution < 1.29 is 45.0 Å². The molecule has 2 N–H and O–H groups in total. The van der Waals surface area contributed by atoms with Crippen molar-refractivity contribution in [3.05, 3.63) is 107 Å². The number of nitrogens with one attached hydrogen (secondary N) is 1. The van der Waals surface area contributed by atoms with Crippen molar-refractivity contribution in [1.29, 1.82) is 0 Å². The molecule has 0 saturated carbocycles. The topological polar surface area (TPSA) is 49.3 Å². The lowest BCUT2D eigenvalue weighted by atomic mass is 9.66. The zero-order chi connectivity index (χ0) is 29.2. The van der Waals surface area contributed by atoms with E-state index in [0.29, 0.717) is 18.2 Å². The molecule has 0 aromatic heterocycles. The molecule has 0 spiro atoms. The number of ketones is 1.